The van der Waals surface area contributed by atoms with Gasteiger partial charge in [-0.1, -0.05) is 103 Å². The molecular formula is C31H22ClN3S. The first-order valence-corrected chi connectivity index (χ1v) is 13.1. The van der Waals surface area contributed by atoms with Crippen molar-refractivity contribution in [1.29, 1.82) is 0 Å². The van der Waals surface area contributed by atoms with E-state index in [1.54, 1.807) is 11.8 Å². The number of thioether (sulfide) groups is 1. The molecule has 0 aliphatic heterocycles. The van der Waals surface area contributed by atoms with Gasteiger partial charge in [0.25, 0.3) is 0 Å². The van der Waals surface area contributed by atoms with Gasteiger partial charge in [-0.3, -0.25) is 0 Å². The number of pyridine rings is 1. The second-order valence-corrected chi connectivity index (χ2v) is 9.89. The molecule has 0 radical (unpaired) electrons. The molecule has 1 N–H and O–H groups in total. The van der Waals surface area contributed by atoms with Gasteiger partial charge in [-0.05, 0) is 29.8 Å². The van der Waals surface area contributed by atoms with Crippen LogP contribution >= 0.6 is 23.4 Å². The minimum atomic E-state index is 0.741. The van der Waals surface area contributed by atoms with E-state index in [-0.39, 0.29) is 0 Å². The Morgan fingerprint density at radius 2 is 1.36 bits per heavy atom. The molecule has 0 atom stereocenters. The summed E-state index contributed by atoms with van der Waals surface area (Å²) in [5.41, 5.74) is 7.25. The Morgan fingerprint density at radius 1 is 0.694 bits per heavy atom. The number of aromatic nitrogens is 3. The molecule has 0 aliphatic rings. The summed E-state index contributed by atoms with van der Waals surface area (Å²) in [5, 5.41) is 2.77. The molecule has 0 fully saturated rings. The molecule has 0 unspecified atom stereocenters. The SMILES string of the molecule is Clc1ccc(CSc2nc3ccccc3cc2-c2nc(-c3ccccc3)c(-c3ccccc3)[nH]2)cc1. The van der Waals surface area contributed by atoms with Crippen molar-refractivity contribution in [3.05, 3.63) is 126 Å². The van der Waals surface area contributed by atoms with Crippen LogP contribution in [0.1, 0.15) is 5.56 Å². The number of nitrogens with zero attached hydrogens (tertiary/aromatic N) is 2. The zero-order valence-corrected chi connectivity index (χ0v) is 20.9. The zero-order valence-electron chi connectivity index (χ0n) is 19.4. The van der Waals surface area contributed by atoms with Crippen molar-refractivity contribution in [2.45, 2.75) is 10.8 Å². The molecule has 0 bridgehead atoms. The summed E-state index contributed by atoms with van der Waals surface area (Å²) in [5.74, 6) is 1.59. The molecule has 6 aromatic rings. The predicted octanol–water partition coefficient (Wildman–Crippen LogP) is 8.90. The number of H-pyrrole nitrogens is 1. The van der Waals surface area contributed by atoms with E-state index in [2.05, 4.69) is 71.7 Å². The zero-order chi connectivity index (χ0) is 24.3. The van der Waals surface area contributed by atoms with Crippen LogP contribution in [-0.2, 0) is 5.75 Å². The lowest BCUT2D eigenvalue weighted by molar-refractivity contribution is 1.16. The fourth-order valence-corrected chi connectivity index (χ4v) is 5.33. The van der Waals surface area contributed by atoms with Crippen molar-refractivity contribution in [2.24, 2.45) is 0 Å². The summed E-state index contributed by atoms with van der Waals surface area (Å²) < 4.78 is 0. The lowest BCUT2D eigenvalue weighted by Gasteiger charge is -2.09. The molecule has 5 heteroatoms. The first-order valence-electron chi connectivity index (χ1n) is 11.7. The molecule has 3 nitrogen and oxygen atoms in total. The number of fused-ring (bicyclic) bond motifs is 1. The quantitative estimate of drug-likeness (QED) is 0.231. The van der Waals surface area contributed by atoms with Crippen molar-refractivity contribution < 1.29 is 0 Å². The van der Waals surface area contributed by atoms with Crippen LogP contribution in [0.3, 0.4) is 0 Å². The number of aromatic amines is 1. The van der Waals surface area contributed by atoms with Gasteiger partial charge in [-0.15, -0.1) is 11.8 Å². The second kappa shape index (κ2) is 10.0. The van der Waals surface area contributed by atoms with Crippen LogP contribution in [0, 0.1) is 0 Å². The fraction of sp³-hybridized carbons (Fsp3) is 0.0323. The van der Waals surface area contributed by atoms with Crippen molar-refractivity contribution in [3.8, 4) is 33.9 Å². The van der Waals surface area contributed by atoms with Crippen LogP contribution in [0.15, 0.2) is 120 Å². The highest BCUT2D eigenvalue weighted by Crippen LogP contribution is 2.37. The Kier molecular flexibility index (Phi) is 6.29. The Hall–Kier alpha value is -3.86. The van der Waals surface area contributed by atoms with E-state index in [9.17, 15) is 0 Å². The van der Waals surface area contributed by atoms with E-state index in [0.717, 1.165) is 60.6 Å². The van der Waals surface area contributed by atoms with Gasteiger partial charge in [0.15, 0.2) is 0 Å². The maximum atomic E-state index is 6.09. The van der Waals surface area contributed by atoms with Gasteiger partial charge in [-0.2, -0.15) is 0 Å². The van der Waals surface area contributed by atoms with Crippen LogP contribution in [0.2, 0.25) is 5.02 Å². The summed E-state index contributed by atoms with van der Waals surface area (Å²) in [6.45, 7) is 0. The number of rotatable bonds is 6. The summed E-state index contributed by atoms with van der Waals surface area (Å²) in [4.78, 5) is 13.8. The molecule has 0 amide bonds. The molecule has 2 aromatic heterocycles. The van der Waals surface area contributed by atoms with Crippen molar-refractivity contribution >= 4 is 34.3 Å². The van der Waals surface area contributed by atoms with E-state index >= 15 is 0 Å². The van der Waals surface area contributed by atoms with Crippen molar-refractivity contribution in [1.82, 2.24) is 15.0 Å². The molecule has 0 saturated carbocycles. The van der Waals surface area contributed by atoms with Crippen LogP contribution in [0.4, 0.5) is 0 Å². The molecule has 4 aromatic carbocycles. The lowest BCUT2D eigenvalue weighted by Crippen LogP contribution is -1.92. The van der Waals surface area contributed by atoms with Crippen LogP contribution in [0.5, 0.6) is 0 Å². The average Bonchev–Trinajstić information content (AvgIpc) is 3.39. The van der Waals surface area contributed by atoms with E-state index in [1.165, 1.54) is 5.56 Å². The number of benzene rings is 4. The van der Waals surface area contributed by atoms with Crippen LogP contribution in [-0.4, -0.2) is 15.0 Å². The molecule has 0 aliphatic carbocycles. The maximum Gasteiger partial charge on any atom is 0.141 e. The van der Waals surface area contributed by atoms with E-state index in [1.807, 2.05) is 48.5 Å². The normalized spacial score (nSPS) is 11.1. The Balaban J connectivity index is 1.49. The summed E-state index contributed by atoms with van der Waals surface area (Å²) >= 11 is 7.79. The third-order valence-corrected chi connectivity index (χ3v) is 7.36. The first-order chi connectivity index (χ1) is 17.7. The van der Waals surface area contributed by atoms with Crippen molar-refractivity contribution in [3.63, 3.8) is 0 Å². The van der Waals surface area contributed by atoms with Crippen LogP contribution < -0.4 is 0 Å². The summed E-state index contributed by atoms with van der Waals surface area (Å²) in [6, 6.07) is 39.0. The fourth-order valence-electron chi connectivity index (χ4n) is 4.23. The highest BCUT2D eigenvalue weighted by Gasteiger charge is 2.19. The van der Waals surface area contributed by atoms with Gasteiger partial charge in [0.1, 0.15) is 10.9 Å². The van der Waals surface area contributed by atoms with Gasteiger partial charge in [-0.25, -0.2) is 9.97 Å². The second-order valence-electron chi connectivity index (χ2n) is 8.49. The maximum absolute atomic E-state index is 6.09. The molecule has 2 heterocycles. The first kappa shape index (κ1) is 22.6. The number of halogens is 1. The van der Waals surface area contributed by atoms with E-state index in [4.69, 9.17) is 21.6 Å². The molecular weight excluding hydrogens is 482 g/mol. The molecule has 6 rings (SSSR count). The van der Waals surface area contributed by atoms with E-state index in [0.29, 0.717) is 0 Å². The van der Waals surface area contributed by atoms with Gasteiger partial charge in [0.2, 0.25) is 0 Å². The molecule has 174 valence electrons. The lowest BCUT2D eigenvalue weighted by atomic mass is 10.1. The topological polar surface area (TPSA) is 41.6 Å². The van der Waals surface area contributed by atoms with Gasteiger partial charge in [0, 0.05) is 27.3 Å². The summed E-state index contributed by atoms with van der Waals surface area (Å²) in [7, 11) is 0. The molecule has 0 saturated heterocycles. The minimum Gasteiger partial charge on any atom is -0.337 e. The van der Waals surface area contributed by atoms with Crippen molar-refractivity contribution in [2.75, 3.05) is 0 Å². The van der Waals surface area contributed by atoms with Gasteiger partial charge >= 0.3 is 0 Å². The highest BCUT2D eigenvalue weighted by atomic mass is 35.5. The highest BCUT2D eigenvalue weighted by molar-refractivity contribution is 7.98. The number of hydrogen-bond donors (Lipinski definition) is 1. The third kappa shape index (κ3) is 4.66. The number of imidazole rings is 1. The Bertz CT molecular complexity index is 1570. The Morgan fingerprint density at radius 3 is 2.11 bits per heavy atom. The largest absolute Gasteiger partial charge is 0.337 e. The molecule has 0 spiro atoms. The number of hydrogen-bond acceptors (Lipinski definition) is 3. The van der Waals surface area contributed by atoms with Gasteiger partial charge < -0.3 is 4.98 Å². The Labute approximate surface area is 219 Å². The predicted molar refractivity (Wildman–Crippen MR) is 151 cm³/mol. The third-order valence-electron chi connectivity index (χ3n) is 6.05. The van der Waals surface area contributed by atoms with Crippen LogP contribution in [0.25, 0.3) is 44.8 Å². The van der Waals surface area contributed by atoms with Gasteiger partial charge in [0.05, 0.1) is 22.5 Å². The average molecular weight is 504 g/mol. The molecule has 36 heavy (non-hydrogen) atoms. The van der Waals surface area contributed by atoms with E-state index < -0.39 is 0 Å². The monoisotopic (exact) mass is 503 g/mol. The summed E-state index contributed by atoms with van der Waals surface area (Å²) in [6.07, 6.45) is 0. The smallest absolute Gasteiger partial charge is 0.141 e. The minimum absolute atomic E-state index is 0.741. The number of nitrogens with one attached hydrogen (secondary N) is 1. The standard InChI is InChI=1S/C31H22ClN3S/c32-25-17-15-21(16-18-25)20-36-31-26(19-24-13-7-8-14-27(24)33-31)30-34-28(22-9-3-1-4-10-22)29(35-30)23-11-5-2-6-12-23/h1-19H,20H2,(H,34,35). The number of para-hydroxylation sites is 1.